The third-order valence-electron chi connectivity index (χ3n) is 5.05. The summed E-state index contributed by atoms with van der Waals surface area (Å²) in [4.78, 5) is 4.69. The molecule has 0 saturated heterocycles. The quantitative estimate of drug-likeness (QED) is 0.207. The molecular formula is C23H39IN6O. The topological polar surface area (TPSA) is 76.4 Å². The van der Waals surface area contributed by atoms with Gasteiger partial charge in [0.05, 0.1) is 0 Å². The van der Waals surface area contributed by atoms with Gasteiger partial charge in [-0.15, -0.1) is 34.2 Å². The molecule has 1 aromatic carbocycles. The maximum Gasteiger partial charge on any atom is 0.191 e. The van der Waals surface area contributed by atoms with Crippen LogP contribution in [0.2, 0.25) is 0 Å². The van der Waals surface area contributed by atoms with Crippen LogP contribution < -0.4 is 10.6 Å². The molecule has 0 spiro atoms. The first-order valence-electron chi connectivity index (χ1n) is 10.9. The lowest BCUT2D eigenvalue weighted by molar-refractivity contribution is 0.145. The molecule has 0 unspecified atom stereocenters. The van der Waals surface area contributed by atoms with Crippen LogP contribution >= 0.6 is 24.0 Å². The Morgan fingerprint density at radius 3 is 2.35 bits per heavy atom. The van der Waals surface area contributed by atoms with Crippen LogP contribution in [0.1, 0.15) is 56.9 Å². The van der Waals surface area contributed by atoms with Crippen molar-refractivity contribution < 1.29 is 4.74 Å². The molecule has 8 heteroatoms. The number of nitrogens with zero attached hydrogens (tertiary/aromatic N) is 4. The van der Waals surface area contributed by atoms with Gasteiger partial charge in [0.25, 0.3) is 0 Å². The standard InChI is InChI=1S/C23H38N6O.HI/c1-7-30-16-8-14-24-22(26-17-21-28-27-18(2)29(21)6)25-15-13-19-9-11-20(12-10-19)23(3,4)5;/h9-12H,7-8,13-17H2,1-6H3,(H2,24,25,26);1H. The average molecular weight is 543 g/mol. The molecule has 31 heavy (non-hydrogen) atoms. The van der Waals surface area contributed by atoms with E-state index in [1.54, 1.807) is 0 Å². The van der Waals surface area contributed by atoms with Gasteiger partial charge in [0.15, 0.2) is 11.8 Å². The van der Waals surface area contributed by atoms with E-state index in [1.165, 1.54) is 11.1 Å². The number of benzene rings is 1. The first-order chi connectivity index (χ1) is 14.3. The Morgan fingerprint density at radius 2 is 1.77 bits per heavy atom. The highest BCUT2D eigenvalue weighted by molar-refractivity contribution is 14.0. The predicted molar refractivity (Wildman–Crippen MR) is 138 cm³/mol. The van der Waals surface area contributed by atoms with E-state index >= 15 is 0 Å². The smallest absolute Gasteiger partial charge is 0.191 e. The average Bonchev–Trinajstić information content (AvgIpc) is 3.03. The molecule has 0 amide bonds. The zero-order valence-electron chi connectivity index (χ0n) is 19.9. The summed E-state index contributed by atoms with van der Waals surface area (Å²) in [5.41, 5.74) is 2.85. The van der Waals surface area contributed by atoms with Crippen LogP contribution in [0.4, 0.5) is 0 Å². The van der Waals surface area contributed by atoms with E-state index in [0.717, 1.165) is 56.8 Å². The second-order valence-corrected chi connectivity index (χ2v) is 8.49. The predicted octanol–water partition coefficient (Wildman–Crippen LogP) is 3.74. The molecule has 0 radical (unpaired) electrons. The number of aryl methyl sites for hydroxylation is 1. The Labute approximate surface area is 204 Å². The van der Waals surface area contributed by atoms with E-state index in [2.05, 4.69) is 65.9 Å². The second-order valence-electron chi connectivity index (χ2n) is 8.49. The highest BCUT2D eigenvalue weighted by Gasteiger charge is 2.12. The van der Waals surface area contributed by atoms with Crippen molar-refractivity contribution in [2.24, 2.45) is 12.0 Å². The number of nitrogens with one attached hydrogen (secondary N) is 2. The van der Waals surface area contributed by atoms with Crippen LogP contribution in [-0.4, -0.2) is 47.0 Å². The molecular weight excluding hydrogens is 503 g/mol. The van der Waals surface area contributed by atoms with Crippen molar-refractivity contribution in [2.75, 3.05) is 26.3 Å². The van der Waals surface area contributed by atoms with Crippen molar-refractivity contribution in [3.8, 4) is 0 Å². The molecule has 2 N–H and O–H groups in total. The molecule has 1 heterocycles. The maximum atomic E-state index is 5.41. The van der Waals surface area contributed by atoms with Gasteiger partial charge >= 0.3 is 0 Å². The minimum absolute atomic E-state index is 0. The molecule has 0 atom stereocenters. The summed E-state index contributed by atoms with van der Waals surface area (Å²) in [5.74, 6) is 2.53. The van der Waals surface area contributed by atoms with Gasteiger partial charge in [0.2, 0.25) is 0 Å². The van der Waals surface area contributed by atoms with Gasteiger partial charge < -0.3 is 19.9 Å². The summed E-state index contributed by atoms with van der Waals surface area (Å²) < 4.78 is 7.38. The Hall–Kier alpha value is -1.68. The molecule has 0 bridgehead atoms. The number of ether oxygens (including phenoxy) is 1. The molecule has 0 aliphatic rings. The van der Waals surface area contributed by atoms with Crippen LogP contribution in [-0.2, 0) is 30.2 Å². The van der Waals surface area contributed by atoms with Crippen molar-refractivity contribution in [2.45, 2.75) is 59.4 Å². The van der Waals surface area contributed by atoms with Crippen LogP contribution in [0.25, 0.3) is 0 Å². The molecule has 0 aliphatic heterocycles. The van der Waals surface area contributed by atoms with E-state index in [4.69, 9.17) is 9.73 Å². The van der Waals surface area contributed by atoms with Gasteiger partial charge in [0.1, 0.15) is 12.4 Å². The van der Waals surface area contributed by atoms with Crippen molar-refractivity contribution in [3.63, 3.8) is 0 Å². The van der Waals surface area contributed by atoms with Gasteiger partial charge in [0, 0.05) is 33.4 Å². The number of rotatable bonds is 10. The maximum absolute atomic E-state index is 5.41. The fourth-order valence-corrected chi connectivity index (χ4v) is 2.93. The minimum Gasteiger partial charge on any atom is -0.382 e. The van der Waals surface area contributed by atoms with Gasteiger partial charge in [-0.2, -0.15) is 0 Å². The normalized spacial score (nSPS) is 11.9. The van der Waals surface area contributed by atoms with Crippen molar-refractivity contribution in [1.82, 2.24) is 25.4 Å². The van der Waals surface area contributed by atoms with E-state index < -0.39 is 0 Å². The van der Waals surface area contributed by atoms with Crippen LogP contribution in [0.5, 0.6) is 0 Å². The monoisotopic (exact) mass is 542 g/mol. The van der Waals surface area contributed by atoms with Crippen LogP contribution in [0.3, 0.4) is 0 Å². The lowest BCUT2D eigenvalue weighted by atomic mass is 9.86. The van der Waals surface area contributed by atoms with Crippen molar-refractivity contribution in [1.29, 1.82) is 0 Å². The Kier molecular flexibility index (Phi) is 12.1. The first kappa shape index (κ1) is 27.4. The third kappa shape index (κ3) is 9.55. The summed E-state index contributed by atoms with van der Waals surface area (Å²) in [7, 11) is 1.96. The number of halogens is 1. The van der Waals surface area contributed by atoms with Crippen molar-refractivity contribution in [3.05, 3.63) is 47.0 Å². The van der Waals surface area contributed by atoms with E-state index in [0.29, 0.717) is 6.54 Å². The summed E-state index contributed by atoms with van der Waals surface area (Å²) in [6.45, 7) is 14.3. The SMILES string of the molecule is CCOCCCNC(=NCc1nnc(C)n1C)NCCc1ccc(C(C)(C)C)cc1.I. The van der Waals surface area contributed by atoms with Crippen LogP contribution in [0, 0.1) is 6.92 Å². The summed E-state index contributed by atoms with van der Waals surface area (Å²) in [5, 5.41) is 15.1. The number of hydrogen-bond donors (Lipinski definition) is 2. The minimum atomic E-state index is 0. The van der Waals surface area contributed by atoms with E-state index in [1.807, 2.05) is 25.5 Å². The molecule has 7 nitrogen and oxygen atoms in total. The number of aromatic nitrogens is 3. The van der Waals surface area contributed by atoms with Gasteiger partial charge in [-0.25, -0.2) is 4.99 Å². The Morgan fingerprint density at radius 1 is 1.10 bits per heavy atom. The zero-order chi connectivity index (χ0) is 22.0. The van der Waals surface area contributed by atoms with E-state index in [-0.39, 0.29) is 29.4 Å². The van der Waals surface area contributed by atoms with Gasteiger partial charge in [-0.1, -0.05) is 45.0 Å². The molecule has 0 fully saturated rings. The van der Waals surface area contributed by atoms with E-state index in [9.17, 15) is 0 Å². The fourth-order valence-electron chi connectivity index (χ4n) is 2.93. The van der Waals surface area contributed by atoms with Crippen molar-refractivity contribution >= 4 is 29.9 Å². The summed E-state index contributed by atoms with van der Waals surface area (Å²) in [6, 6.07) is 8.90. The van der Waals surface area contributed by atoms with Crippen LogP contribution in [0.15, 0.2) is 29.3 Å². The van der Waals surface area contributed by atoms with Gasteiger partial charge in [-0.3, -0.25) is 0 Å². The van der Waals surface area contributed by atoms with Gasteiger partial charge in [-0.05, 0) is 43.2 Å². The summed E-state index contributed by atoms with van der Waals surface area (Å²) in [6.07, 6.45) is 1.87. The summed E-state index contributed by atoms with van der Waals surface area (Å²) >= 11 is 0. The fraction of sp³-hybridized carbons (Fsp3) is 0.609. The highest BCUT2D eigenvalue weighted by Crippen LogP contribution is 2.22. The number of guanidine groups is 1. The Balaban J connectivity index is 0.00000480. The highest BCUT2D eigenvalue weighted by atomic mass is 127. The second kappa shape index (κ2) is 13.7. The molecule has 2 rings (SSSR count). The molecule has 2 aromatic rings. The number of aliphatic imine (C=N–C) groups is 1. The third-order valence-corrected chi connectivity index (χ3v) is 5.05. The lowest BCUT2D eigenvalue weighted by Gasteiger charge is -2.19. The molecule has 0 aliphatic carbocycles. The zero-order valence-corrected chi connectivity index (χ0v) is 22.2. The molecule has 174 valence electrons. The number of hydrogen-bond acceptors (Lipinski definition) is 4. The molecule has 0 saturated carbocycles. The lowest BCUT2D eigenvalue weighted by Crippen LogP contribution is -2.39. The largest absolute Gasteiger partial charge is 0.382 e. The first-order valence-corrected chi connectivity index (χ1v) is 10.9. The molecule has 1 aromatic heterocycles. The Bertz CT molecular complexity index is 795.